The molecular formula is C19H14F2O2S3. The van der Waals surface area contributed by atoms with Gasteiger partial charge in [-0.1, -0.05) is 47.8 Å². The van der Waals surface area contributed by atoms with Crippen LogP contribution in [0.5, 0.6) is 0 Å². The molecule has 0 saturated heterocycles. The fourth-order valence-electron chi connectivity index (χ4n) is 2.18. The van der Waals surface area contributed by atoms with Gasteiger partial charge >= 0.3 is 0 Å². The van der Waals surface area contributed by atoms with Crippen LogP contribution in [0.1, 0.15) is 0 Å². The van der Waals surface area contributed by atoms with E-state index in [1.54, 1.807) is 42.5 Å². The maximum Gasteiger partial charge on any atom is 0.175 e. The number of sulfone groups is 1. The summed E-state index contributed by atoms with van der Waals surface area (Å²) in [4.78, 5) is 2.11. The van der Waals surface area contributed by atoms with Crippen molar-refractivity contribution in [2.24, 2.45) is 0 Å². The molecule has 3 aromatic carbocycles. The third kappa shape index (κ3) is 4.47. The summed E-state index contributed by atoms with van der Waals surface area (Å²) in [6, 6.07) is 17.2. The van der Waals surface area contributed by atoms with Gasteiger partial charge in [-0.3, -0.25) is 0 Å². The molecule has 0 atom stereocenters. The standard InChI is InChI=1S/C19H14F2O2S3/c1-26(22,23)13-10-11-18(24-16-8-4-2-6-14(16)20)19(12-13)25-17-9-5-3-7-15(17)21/h2-12H,1H3. The van der Waals surface area contributed by atoms with E-state index in [0.717, 1.165) is 18.0 Å². The molecule has 26 heavy (non-hydrogen) atoms. The Kier molecular flexibility index (Phi) is 5.70. The molecule has 0 heterocycles. The molecular weight excluding hydrogens is 394 g/mol. The molecule has 3 rings (SSSR count). The van der Waals surface area contributed by atoms with Crippen molar-refractivity contribution in [2.45, 2.75) is 24.5 Å². The smallest absolute Gasteiger partial charge is 0.175 e. The second kappa shape index (κ2) is 7.82. The summed E-state index contributed by atoms with van der Waals surface area (Å²) in [5.74, 6) is -0.768. The molecule has 3 aromatic rings. The van der Waals surface area contributed by atoms with Crippen LogP contribution in [0.3, 0.4) is 0 Å². The first-order valence-electron chi connectivity index (χ1n) is 7.53. The molecule has 0 bridgehead atoms. The summed E-state index contributed by atoms with van der Waals surface area (Å²) >= 11 is 2.29. The largest absolute Gasteiger partial charge is 0.224 e. The van der Waals surface area contributed by atoms with Crippen LogP contribution in [0.2, 0.25) is 0 Å². The van der Waals surface area contributed by atoms with Gasteiger partial charge in [0.1, 0.15) is 11.6 Å². The van der Waals surface area contributed by atoms with E-state index in [-0.39, 0.29) is 10.7 Å². The molecule has 2 nitrogen and oxygen atoms in total. The Balaban J connectivity index is 2.06. The Morgan fingerprint density at radius 2 is 1.19 bits per heavy atom. The summed E-state index contributed by atoms with van der Waals surface area (Å²) in [5, 5.41) is 0. The van der Waals surface area contributed by atoms with Crippen LogP contribution in [-0.4, -0.2) is 14.7 Å². The highest BCUT2D eigenvalue weighted by atomic mass is 32.2. The minimum absolute atomic E-state index is 0.134. The summed E-state index contributed by atoms with van der Waals surface area (Å²) in [6.07, 6.45) is 1.11. The first-order chi connectivity index (χ1) is 12.3. The molecule has 0 saturated carbocycles. The summed E-state index contributed by atoms with van der Waals surface area (Å²) in [6.45, 7) is 0. The lowest BCUT2D eigenvalue weighted by Gasteiger charge is -2.12. The zero-order valence-corrected chi connectivity index (χ0v) is 16.1. The molecule has 7 heteroatoms. The van der Waals surface area contributed by atoms with Gasteiger partial charge in [0.25, 0.3) is 0 Å². The Labute approximate surface area is 159 Å². The second-order valence-corrected chi connectivity index (χ2v) is 9.63. The average molecular weight is 409 g/mol. The molecule has 0 aliphatic heterocycles. The van der Waals surface area contributed by atoms with E-state index in [4.69, 9.17) is 0 Å². The summed E-state index contributed by atoms with van der Waals surface area (Å²) in [5.41, 5.74) is 0. The van der Waals surface area contributed by atoms with E-state index in [1.165, 1.54) is 36.0 Å². The molecule has 0 aliphatic rings. The number of halogens is 2. The zero-order valence-electron chi connectivity index (χ0n) is 13.6. The Morgan fingerprint density at radius 3 is 1.69 bits per heavy atom. The van der Waals surface area contributed by atoms with Crippen LogP contribution in [0.15, 0.2) is 91.2 Å². The minimum Gasteiger partial charge on any atom is -0.224 e. The Morgan fingerprint density at radius 1 is 0.692 bits per heavy atom. The lowest BCUT2D eigenvalue weighted by atomic mass is 10.3. The minimum atomic E-state index is -3.42. The van der Waals surface area contributed by atoms with Crippen LogP contribution >= 0.6 is 23.5 Å². The first kappa shape index (κ1) is 18.9. The normalized spacial score (nSPS) is 11.5. The van der Waals surface area contributed by atoms with Crippen LogP contribution in [0.25, 0.3) is 0 Å². The van der Waals surface area contributed by atoms with Crippen molar-refractivity contribution < 1.29 is 17.2 Å². The average Bonchev–Trinajstić information content (AvgIpc) is 2.59. The van der Waals surface area contributed by atoms with Gasteiger partial charge in [0.05, 0.1) is 4.90 Å². The second-order valence-electron chi connectivity index (χ2n) is 5.45. The maximum atomic E-state index is 14.0. The van der Waals surface area contributed by atoms with Crippen LogP contribution in [0, 0.1) is 11.6 Å². The topological polar surface area (TPSA) is 34.1 Å². The van der Waals surface area contributed by atoms with Gasteiger partial charge in [0.2, 0.25) is 0 Å². The number of benzene rings is 3. The van der Waals surface area contributed by atoms with E-state index in [1.807, 2.05) is 0 Å². The van der Waals surface area contributed by atoms with E-state index in [0.29, 0.717) is 19.6 Å². The molecule has 0 spiro atoms. The summed E-state index contributed by atoms with van der Waals surface area (Å²) in [7, 11) is -3.42. The van der Waals surface area contributed by atoms with Crippen LogP contribution in [0.4, 0.5) is 8.78 Å². The van der Waals surface area contributed by atoms with Crippen molar-refractivity contribution in [1.29, 1.82) is 0 Å². The number of hydrogen-bond acceptors (Lipinski definition) is 4. The monoisotopic (exact) mass is 408 g/mol. The van der Waals surface area contributed by atoms with Crippen molar-refractivity contribution in [3.05, 3.63) is 78.4 Å². The zero-order chi connectivity index (χ0) is 18.7. The SMILES string of the molecule is CS(=O)(=O)c1ccc(Sc2ccccc2F)c(Sc2ccccc2F)c1. The molecule has 134 valence electrons. The molecule has 0 aromatic heterocycles. The quantitative estimate of drug-likeness (QED) is 0.545. The van der Waals surface area contributed by atoms with Gasteiger partial charge in [-0.25, -0.2) is 17.2 Å². The van der Waals surface area contributed by atoms with E-state index < -0.39 is 15.7 Å². The van der Waals surface area contributed by atoms with Crippen molar-refractivity contribution in [2.75, 3.05) is 6.26 Å². The highest BCUT2D eigenvalue weighted by molar-refractivity contribution is 8.02. The van der Waals surface area contributed by atoms with Gasteiger partial charge in [0, 0.05) is 25.8 Å². The number of rotatable bonds is 5. The van der Waals surface area contributed by atoms with Gasteiger partial charge in [-0.2, -0.15) is 0 Å². The van der Waals surface area contributed by atoms with E-state index >= 15 is 0 Å². The molecule has 0 amide bonds. The fraction of sp³-hybridized carbons (Fsp3) is 0.0526. The first-order valence-corrected chi connectivity index (χ1v) is 11.1. The molecule has 0 fully saturated rings. The predicted molar refractivity (Wildman–Crippen MR) is 101 cm³/mol. The van der Waals surface area contributed by atoms with Crippen molar-refractivity contribution in [1.82, 2.24) is 0 Å². The van der Waals surface area contributed by atoms with E-state index in [9.17, 15) is 17.2 Å². The van der Waals surface area contributed by atoms with E-state index in [2.05, 4.69) is 0 Å². The lowest BCUT2D eigenvalue weighted by molar-refractivity contribution is 0.600. The fourth-order valence-corrected chi connectivity index (χ4v) is 4.90. The highest BCUT2D eigenvalue weighted by Crippen LogP contribution is 2.41. The van der Waals surface area contributed by atoms with Crippen LogP contribution in [-0.2, 0) is 9.84 Å². The summed E-state index contributed by atoms with van der Waals surface area (Å²) < 4.78 is 51.8. The Hall–Kier alpha value is -1.83. The maximum absolute atomic E-state index is 14.0. The Bertz CT molecular complexity index is 1050. The van der Waals surface area contributed by atoms with Crippen molar-refractivity contribution in [3.63, 3.8) is 0 Å². The third-order valence-electron chi connectivity index (χ3n) is 3.46. The number of hydrogen-bond donors (Lipinski definition) is 0. The van der Waals surface area contributed by atoms with Gasteiger partial charge in [-0.15, -0.1) is 0 Å². The van der Waals surface area contributed by atoms with Crippen molar-refractivity contribution in [3.8, 4) is 0 Å². The molecule has 0 aliphatic carbocycles. The molecule has 0 radical (unpaired) electrons. The highest BCUT2D eigenvalue weighted by Gasteiger charge is 2.15. The predicted octanol–water partition coefficient (Wildman–Crippen LogP) is 5.67. The van der Waals surface area contributed by atoms with Crippen molar-refractivity contribution >= 4 is 33.4 Å². The third-order valence-corrected chi connectivity index (χ3v) is 6.93. The van der Waals surface area contributed by atoms with Crippen LogP contribution < -0.4 is 0 Å². The van der Waals surface area contributed by atoms with Gasteiger partial charge in [-0.05, 0) is 42.5 Å². The van der Waals surface area contributed by atoms with Gasteiger partial charge < -0.3 is 0 Å². The molecule has 0 unspecified atom stereocenters. The molecule has 0 N–H and O–H groups in total. The van der Waals surface area contributed by atoms with Gasteiger partial charge in [0.15, 0.2) is 9.84 Å². The lowest BCUT2D eigenvalue weighted by Crippen LogP contribution is -1.97.